The summed E-state index contributed by atoms with van der Waals surface area (Å²) in [6.45, 7) is 6.05. The fraction of sp³-hybridized carbons (Fsp3) is 0.571. The molecule has 3 heteroatoms. The zero-order valence-electron chi connectivity index (χ0n) is 11.6. The quantitative estimate of drug-likeness (QED) is 0.820. The first-order valence-electron chi connectivity index (χ1n) is 5.99. The van der Waals surface area contributed by atoms with Crippen LogP contribution in [0.3, 0.4) is 0 Å². The SMILES string of the molecule is CNCC(C)(C)COc1cccc(N(C)C)c1. The molecular formula is C14H24N2O. The second-order valence-electron chi connectivity index (χ2n) is 5.38. The Hall–Kier alpha value is -1.22. The van der Waals surface area contributed by atoms with Crippen LogP contribution >= 0.6 is 0 Å². The van der Waals surface area contributed by atoms with E-state index in [4.69, 9.17) is 4.74 Å². The van der Waals surface area contributed by atoms with Gasteiger partial charge in [-0.05, 0) is 19.2 Å². The van der Waals surface area contributed by atoms with Gasteiger partial charge in [-0.25, -0.2) is 0 Å². The van der Waals surface area contributed by atoms with Crippen LogP contribution in [0.1, 0.15) is 13.8 Å². The Labute approximate surface area is 105 Å². The van der Waals surface area contributed by atoms with Crippen LogP contribution in [0.4, 0.5) is 5.69 Å². The minimum atomic E-state index is 0.142. The van der Waals surface area contributed by atoms with Crippen LogP contribution in [-0.2, 0) is 0 Å². The van der Waals surface area contributed by atoms with Gasteiger partial charge in [0.2, 0.25) is 0 Å². The summed E-state index contributed by atoms with van der Waals surface area (Å²) in [5.41, 5.74) is 1.30. The van der Waals surface area contributed by atoms with E-state index in [0.717, 1.165) is 18.0 Å². The lowest BCUT2D eigenvalue weighted by Gasteiger charge is -2.24. The molecule has 1 aromatic carbocycles. The fourth-order valence-electron chi connectivity index (χ4n) is 1.66. The van der Waals surface area contributed by atoms with E-state index in [1.165, 1.54) is 0 Å². The highest BCUT2D eigenvalue weighted by Crippen LogP contribution is 2.22. The number of anilines is 1. The van der Waals surface area contributed by atoms with Crippen LogP contribution in [0.2, 0.25) is 0 Å². The standard InChI is InChI=1S/C14H24N2O/c1-14(2,10-15-3)11-17-13-8-6-7-12(9-13)16(4)5/h6-9,15H,10-11H2,1-5H3. The Bertz CT molecular complexity index is 348. The number of hydrogen-bond donors (Lipinski definition) is 1. The molecule has 0 radical (unpaired) electrons. The Morgan fingerprint density at radius 1 is 1.29 bits per heavy atom. The molecule has 17 heavy (non-hydrogen) atoms. The summed E-state index contributed by atoms with van der Waals surface area (Å²) in [6, 6.07) is 8.17. The Kier molecular flexibility index (Phi) is 4.82. The second-order valence-corrected chi connectivity index (χ2v) is 5.38. The van der Waals surface area contributed by atoms with Gasteiger partial charge in [-0.15, -0.1) is 0 Å². The van der Waals surface area contributed by atoms with Gasteiger partial charge in [-0.3, -0.25) is 0 Å². The van der Waals surface area contributed by atoms with Crippen molar-refractivity contribution in [2.45, 2.75) is 13.8 Å². The molecule has 0 amide bonds. The predicted molar refractivity (Wildman–Crippen MR) is 74.0 cm³/mol. The first-order valence-corrected chi connectivity index (χ1v) is 5.99. The molecule has 1 aromatic rings. The largest absolute Gasteiger partial charge is 0.493 e. The zero-order chi connectivity index (χ0) is 12.9. The van der Waals surface area contributed by atoms with Gasteiger partial charge in [-0.1, -0.05) is 19.9 Å². The van der Waals surface area contributed by atoms with Gasteiger partial charge >= 0.3 is 0 Å². The number of ether oxygens (including phenoxy) is 1. The first-order chi connectivity index (χ1) is 7.94. The van der Waals surface area contributed by atoms with Crippen molar-refractivity contribution in [3.05, 3.63) is 24.3 Å². The van der Waals surface area contributed by atoms with E-state index in [1.54, 1.807) is 0 Å². The summed E-state index contributed by atoms with van der Waals surface area (Å²) in [6.07, 6.45) is 0. The molecule has 0 unspecified atom stereocenters. The molecule has 0 saturated carbocycles. The third kappa shape index (κ3) is 4.65. The van der Waals surface area contributed by atoms with Crippen LogP contribution in [-0.4, -0.2) is 34.3 Å². The molecule has 0 aliphatic rings. The van der Waals surface area contributed by atoms with Crippen molar-refractivity contribution in [2.24, 2.45) is 5.41 Å². The molecule has 0 heterocycles. The van der Waals surface area contributed by atoms with Crippen molar-refractivity contribution in [3.63, 3.8) is 0 Å². The van der Waals surface area contributed by atoms with Gasteiger partial charge in [0, 0.05) is 37.8 Å². The van der Waals surface area contributed by atoms with E-state index in [1.807, 2.05) is 33.3 Å². The molecule has 0 saturated heterocycles. The molecule has 0 bridgehead atoms. The summed E-state index contributed by atoms with van der Waals surface area (Å²) in [5, 5.41) is 3.19. The fourth-order valence-corrected chi connectivity index (χ4v) is 1.66. The molecule has 0 spiro atoms. The molecule has 0 aliphatic heterocycles. The molecule has 0 fully saturated rings. The Balaban J connectivity index is 2.60. The van der Waals surface area contributed by atoms with Gasteiger partial charge in [0.05, 0.1) is 6.61 Å². The maximum absolute atomic E-state index is 5.85. The minimum Gasteiger partial charge on any atom is -0.493 e. The molecule has 0 atom stereocenters. The van der Waals surface area contributed by atoms with E-state index < -0.39 is 0 Å². The highest BCUT2D eigenvalue weighted by atomic mass is 16.5. The molecule has 0 aliphatic carbocycles. The lowest BCUT2D eigenvalue weighted by molar-refractivity contribution is 0.179. The number of benzene rings is 1. The molecule has 96 valence electrons. The summed E-state index contributed by atoms with van der Waals surface area (Å²) < 4.78 is 5.85. The van der Waals surface area contributed by atoms with Gasteiger partial charge in [0.25, 0.3) is 0 Å². The van der Waals surface area contributed by atoms with Gasteiger partial charge in [0.15, 0.2) is 0 Å². The first kappa shape index (κ1) is 13.8. The van der Waals surface area contributed by atoms with E-state index in [2.05, 4.69) is 36.2 Å². The smallest absolute Gasteiger partial charge is 0.121 e. The van der Waals surface area contributed by atoms with Crippen molar-refractivity contribution < 1.29 is 4.74 Å². The van der Waals surface area contributed by atoms with E-state index in [0.29, 0.717) is 6.61 Å². The predicted octanol–water partition coefficient (Wildman–Crippen LogP) is 2.38. The molecule has 0 aromatic heterocycles. The average molecular weight is 236 g/mol. The van der Waals surface area contributed by atoms with Crippen molar-refractivity contribution in [1.29, 1.82) is 0 Å². The van der Waals surface area contributed by atoms with Crippen LogP contribution in [0.5, 0.6) is 5.75 Å². The number of nitrogens with one attached hydrogen (secondary N) is 1. The van der Waals surface area contributed by atoms with E-state index >= 15 is 0 Å². The van der Waals surface area contributed by atoms with Gasteiger partial charge < -0.3 is 15.0 Å². The Morgan fingerprint density at radius 3 is 2.59 bits per heavy atom. The maximum atomic E-state index is 5.85. The van der Waals surface area contributed by atoms with Crippen molar-refractivity contribution in [2.75, 3.05) is 39.2 Å². The van der Waals surface area contributed by atoms with Crippen molar-refractivity contribution in [1.82, 2.24) is 5.32 Å². The third-order valence-corrected chi connectivity index (χ3v) is 2.62. The molecule has 1 rings (SSSR count). The summed E-state index contributed by atoms with van der Waals surface area (Å²) in [5.74, 6) is 0.931. The second kappa shape index (κ2) is 5.92. The Morgan fingerprint density at radius 2 is 2.00 bits per heavy atom. The van der Waals surface area contributed by atoms with Crippen LogP contribution in [0.25, 0.3) is 0 Å². The van der Waals surface area contributed by atoms with Gasteiger partial charge in [-0.2, -0.15) is 0 Å². The van der Waals surface area contributed by atoms with E-state index in [9.17, 15) is 0 Å². The van der Waals surface area contributed by atoms with E-state index in [-0.39, 0.29) is 5.41 Å². The van der Waals surface area contributed by atoms with Gasteiger partial charge in [0.1, 0.15) is 5.75 Å². The van der Waals surface area contributed by atoms with Crippen LogP contribution in [0, 0.1) is 5.41 Å². The summed E-state index contributed by atoms with van der Waals surface area (Å²) in [7, 11) is 6.03. The van der Waals surface area contributed by atoms with Crippen LogP contribution < -0.4 is 15.0 Å². The normalized spacial score (nSPS) is 11.4. The third-order valence-electron chi connectivity index (χ3n) is 2.62. The summed E-state index contributed by atoms with van der Waals surface area (Å²) in [4.78, 5) is 2.08. The highest BCUT2D eigenvalue weighted by Gasteiger charge is 2.17. The number of nitrogens with zero attached hydrogens (tertiary/aromatic N) is 1. The van der Waals surface area contributed by atoms with Crippen molar-refractivity contribution in [3.8, 4) is 5.75 Å². The molecule has 3 nitrogen and oxygen atoms in total. The monoisotopic (exact) mass is 236 g/mol. The number of rotatable bonds is 6. The summed E-state index contributed by atoms with van der Waals surface area (Å²) >= 11 is 0. The molecule has 1 N–H and O–H groups in total. The average Bonchev–Trinajstić information content (AvgIpc) is 2.27. The maximum Gasteiger partial charge on any atom is 0.121 e. The molecular weight excluding hydrogens is 212 g/mol. The van der Waals surface area contributed by atoms with Crippen LogP contribution in [0.15, 0.2) is 24.3 Å². The van der Waals surface area contributed by atoms with Crippen molar-refractivity contribution >= 4 is 5.69 Å². The minimum absolute atomic E-state index is 0.142. The topological polar surface area (TPSA) is 24.5 Å². The lowest BCUT2D eigenvalue weighted by atomic mass is 9.95. The highest BCUT2D eigenvalue weighted by molar-refractivity contribution is 5.49. The number of hydrogen-bond acceptors (Lipinski definition) is 3. The lowest BCUT2D eigenvalue weighted by Crippen LogP contribution is -2.32. The zero-order valence-corrected chi connectivity index (χ0v) is 11.6.